The number of rotatable bonds is 6. The molecule has 2 aromatic rings. The van der Waals surface area contributed by atoms with Crippen LogP contribution in [0.5, 0.6) is 0 Å². The first-order valence-electron chi connectivity index (χ1n) is 6.88. The van der Waals surface area contributed by atoms with E-state index in [0.29, 0.717) is 24.4 Å². The number of nitrogen functional groups attached to an aromatic ring is 1. The highest BCUT2D eigenvalue weighted by Crippen LogP contribution is 2.20. The van der Waals surface area contributed by atoms with Crippen molar-refractivity contribution in [2.45, 2.75) is 13.3 Å². The van der Waals surface area contributed by atoms with Gasteiger partial charge in [0.25, 0.3) is 0 Å². The van der Waals surface area contributed by atoms with Crippen LogP contribution in [0.15, 0.2) is 30.6 Å². The molecule has 0 unspecified atom stereocenters. The molecular weight excluding hydrogens is 268 g/mol. The van der Waals surface area contributed by atoms with Crippen molar-refractivity contribution in [2.24, 2.45) is 7.05 Å². The van der Waals surface area contributed by atoms with Gasteiger partial charge in [-0.05, 0) is 37.1 Å². The molecule has 0 amide bonds. The molecule has 112 valence electrons. The van der Waals surface area contributed by atoms with Crippen molar-refractivity contribution in [3.63, 3.8) is 0 Å². The van der Waals surface area contributed by atoms with Gasteiger partial charge < -0.3 is 15.8 Å². The van der Waals surface area contributed by atoms with Crippen LogP contribution in [-0.4, -0.2) is 28.9 Å². The van der Waals surface area contributed by atoms with Crippen molar-refractivity contribution < 1.29 is 9.53 Å². The maximum absolute atomic E-state index is 11.9. The average Bonchev–Trinajstić information content (AvgIpc) is 2.86. The lowest BCUT2D eigenvalue weighted by Crippen LogP contribution is -2.12. The zero-order valence-electron chi connectivity index (χ0n) is 12.3. The quantitative estimate of drug-likeness (QED) is 0.626. The monoisotopic (exact) mass is 288 g/mol. The molecule has 1 heterocycles. The van der Waals surface area contributed by atoms with Gasteiger partial charge in [0.15, 0.2) is 0 Å². The van der Waals surface area contributed by atoms with E-state index in [0.717, 1.165) is 17.7 Å². The van der Waals surface area contributed by atoms with Crippen LogP contribution in [0, 0.1) is 0 Å². The Morgan fingerprint density at radius 3 is 2.95 bits per heavy atom. The Bertz CT molecular complexity index is 622. The number of nitrogens with zero attached hydrogens (tertiary/aromatic N) is 2. The molecule has 2 rings (SSSR count). The Morgan fingerprint density at radius 1 is 1.48 bits per heavy atom. The molecule has 6 nitrogen and oxygen atoms in total. The summed E-state index contributed by atoms with van der Waals surface area (Å²) in [5.74, 6) is -0.367. The molecule has 0 atom stereocenters. The van der Waals surface area contributed by atoms with Gasteiger partial charge in [-0.15, -0.1) is 0 Å². The lowest BCUT2D eigenvalue weighted by molar-refractivity contribution is 0.0527. The third kappa shape index (κ3) is 3.98. The molecule has 0 bridgehead atoms. The standard InChI is InChI=1S/C15H20N4O2/c1-3-21-15(20)13-8-12(16)4-5-14(13)17-7-6-11-9-18-19(2)10-11/h4-5,8-10,17H,3,6-7,16H2,1-2H3. The van der Waals surface area contributed by atoms with E-state index >= 15 is 0 Å². The molecule has 0 aliphatic carbocycles. The second-order valence-electron chi connectivity index (χ2n) is 4.72. The molecule has 0 spiro atoms. The van der Waals surface area contributed by atoms with Crippen LogP contribution in [0.2, 0.25) is 0 Å². The molecule has 0 saturated heterocycles. The van der Waals surface area contributed by atoms with Gasteiger partial charge in [0.05, 0.1) is 18.4 Å². The highest BCUT2D eigenvalue weighted by molar-refractivity contribution is 5.96. The summed E-state index contributed by atoms with van der Waals surface area (Å²) < 4.78 is 6.81. The number of anilines is 2. The summed E-state index contributed by atoms with van der Waals surface area (Å²) in [7, 11) is 1.88. The fourth-order valence-electron chi connectivity index (χ4n) is 2.04. The molecule has 21 heavy (non-hydrogen) atoms. The van der Waals surface area contributed by atoms with E-state index in [9.17, 15) is 4.79 Å². The first kappa shape index (κ1) is 14.9. The summed E-state index contributed by atoms with van der Waals surface area (Å²) in [5, 5.41) is 7.37. The van der Waals surface area contributed by atoms with E-state index in [1.165, 1.54) is 0 Å². The van der Waals surface area contributed by atoms with Crippen molar-refractivity contribution in [1.82, 2.24) is 9.78 Å². The third-order valence-corrected chi connectivity index (χ3v) is 3.03. The Balaban J connectivity index is 2.03. The van der Waals surface area contributed by atoms with Gasteiger partial charge in [0, 0.05) is 31.2 Å². The average molecular weight is 288 g/mol. The molecule has 1 aromatic carbocycles. The molecule has 0 fully saturated rings. The summed E-state index contributed by atoms with van der Waals surface area (Å²) in [6.45, 7) is 2.81. The Kier molecular flexibility index (Phi) is 4.81. The summed E-state index contributed by atoms with van der Waals surface area (Å²) in [6.07, 6.45) is 4.62. The van der Waals surface area contributed by atoms with Crippen molar-refractivity contribution in [3.8, 4) is 0 Å². The normalized spacial score (nSPS) is 10.4. The van der Waals surface area contributed by atoms with E-state index in [4.69, 9.17) is 10.5 Å². The van der Waals surface area contributed by atoms with Gasteiger partial charge in [-0.25, -0.2) is 4.79 Å². The van der Waals surface area contributed by atoms with Gasteiger partial charge in [0.2, 0.25) is 0 Å². The van der Waals surface area contributed by atoms with Gasteiger partial charge in [-0.3, -0.25) is 4.68 Å². The number of nitrogens with two attached hydrogens (primary N) is 1. The summed E-state index contributed by atoms with van der Waals surface area (Å²) >= 11 is 0. The minimum absolute atomic E-state index is 0.336. The lowest BCUT2D eigenvalue weighted by Gasteiger charge is -2.11. The number of hydrogen-bond donors (Lipinski definition) is 2. The minimum Gasteiger partial charge on any atom is -0.462 e. The van der Waals surface area contributed by atoms with Gasteiger partial charge in [0.1, 0.15) is 0 Å². The Hall–Kier alpha value is -2.50. The number of carbonyl (C=O) groups excluding carboxylic acids is 1. The van der Waals surface area contributed by atoms with Gasteiger partial charge >= 0.3 is 5.97 Å². The second kappa shape index (κ2) is 6.78. The van der Waals surface area contributed by atoms with Crippen molar-refractivity contribution in [2.75, 3.05) is 24.2 Å². The number of carbonyl (C=O) groups is 1. The number of hydrogen-bond acceptors (Lipinski definition) is 5. The SMILES string of the molecule is CCOC(=O)c1cc(N)ccc1NCCc1cnn(C)c1. The largest absolute Gasteiger partial charge is 0.462 e. The fourth-order valence-corrected chi connectivity index (χ4v) is 2.04. The van der Waals surface area contributed by atoms with Crippen LogP contribution < -0.4 is 11.1 Å². The van der Waals surface area contributed by atoms with Crippen molar-refractivity contribution >= 4 is 17.3 Å². The maximum atomic E-state index is 11.9. The van der Waals surface area contributed by atoms with Gasteiger partial charge in [-0.2, -0.15) is 5.10 Å². The smallest absolute Gasteiger partial charge is 0.340 e. The van der Waals surface area contributed by atoms with E-state index < -0.39 is 0 Å². The lowest BCUT2D eigenvalue weighted by atomic mass is 10.1. The Morgan fingerprint density at radius 2 is 2.29 bits per heavy atom. The van der Waals surface area contributed by atoms with Gasteiger partial charge in [-0.1, -0.05) is 0 Å². The van der Waals surface area contributed by atoms with Crippen LogP contribution in [-0.2, 0) is 18.2 Å². The fraction of sp³-hybridized carbons (Fsp3) is 0.333. The number of aromatic nitrogens is 2. The van der Waals surface area contributed by atoms with Crippen LogP contribution in [0.25, 0.3) is 0 Å². The van der Waals surface area contributed by atoms with E-state index in [-0.39, 0.29) is 5.97 Å². The number of benzene rings is 1. The molecule has 0 aliphatic rings. The predicted octanol–water partition coefficient (Wildman–Crippen LogP) is 1.83. The van der Waals surface area contributed by atoms with Crippen LogP contribution in [0.1, 0.15) is 22.8 Å². The zero-order chi connectivity index (χ0) is 15.2. The number of nitrogens with one attached hydrogen (secondary N) is 1. The van der Waals surface area contributed by atoms with E-state index in [1.807, 2.05) is 19.4 Å². The zero-order valence-corrected chi connectivity index (χ0v) is 12.3. The molecule has 0 saturated carbocycles. The molecule has 0 radical (unpaired) electrons. The third-order valence-electron chi connectivity index (χ3n) is 3.03. The highest BCUT2D eigenvalue weighted by atomic mass is 16.5. The summed E-state index contributed by atoms with van der Waals surface area (Å²) in [6, 6.07) is 5.18. The topological polar surface area (TPSA) is 82.2 Å². The van der Waals surface area contributed by atoms with Crippen LogP contribution in [0.3, 0.4) is 0 Å². The molecular formula is C15H20N4O2. The van der Waals surface area contributed by atoms with Crippen molar-refractivity contribution in [1.29, 1.82) is 0 Å². The maximum Gasteiger partial charge on any atom is 0.340 e. The van der Waals surface area contributed by atoms with Crippen LogP contribution in [0.4, 0.5) is 11.4 Å². The first-order valence-corrected chi connectivity index (χ1v) is 6.88. The predicted molar refractivity (Wildman–Crippen MR) is 82.2 cm³/mol. The number of esters is 1. The molecule has 0 aliphatic heterocycles. The molecule has 1 aromatic heterocycles. The molecule has 6 heteroatoms. The summed E-state index contributed by atoms with van der Waals surface area (Å²) in [5.41, 5.74) is 8.60. The first-order chi connectivity index (χ1) is 10.1. The second-order valence-corrected chi connectivity index (χ2v) is 4.72. The summed E-state index contributed by atoms with van der Waals surface area (Å²) in [4.78, 5) is 11.9. The number of ether oxygens (including phenoxy) is 1. The highest BCUT2D eigenvalue weighted by Gasteiger charge is 2.12. The van der Waals surface area contributed by atoms with Crippen LogP contribution >= 0.6 is 0 Å². The minimum atomic E-state index is -0.367. The molecule has 3 N–H and O–H groups in total. The van der Waals surface area contributed by atoms with Crippen molar-refractivity contribution in [3.05, 3.63) is 41.7 Å². The number of aryl methyl sites for hydroxylation is 1. The Labute approximate surface area is 123 Å². The van der Waals surface area contributed by atoms with E-state index in [2.05, 4.69) is 10.4 Å². The van der Waals surface area contributed by atoms with E-state index in [1.54, 1.807) is 29.8 Å².